The van der Waals surface area contributed by atoms with Gasteiger partial charge in [-0.15, -0.1) is 0 Å². The first-order valence-corrected chi connectivity index (χ1v) is 4.22. The summed E-state index contributed by atoms with van der Waals surface area (Å²) in [6, 6.07) is 0. The van der Waals surface area contributed by atoms with E-state index in [0.717, 1.165) is 25.9 Å². The standard InChI is InChI=1S/C9H15NO2/c1-3-9(11)10-6-4-8(12-2)5-7-10/h3,8H,1,4-7H2,2H3. The number of methoxy groups -OCH3 is 1. The van der Waals surface area contributed by atoms with Crippen LogP contribution in [-0.4, -0.2) is 37.1 Å². The Hall–Kier alpha value is -0.830. The van der Waals surface area contributed by atoms with E-state index in [4.69, 9.17) is 4.74 Å². The first-order valence-electron chi connectivity index (χ1n) is 4.22. The van der Waals surface area contributed by atoms with Crippen molar-refractivity contribution in [3.63, 3.8) is 0 Å². The Balaban J connectivity index is 2.35. The van der Waals surface area contributed by atoms with Gasteiger partial charge in [-0.05, 0) is 18.9 Å². The maximum Gasteiger partial charge on any atom is 0.245 e. The van der Waals surface area contributed by atoms with Gasteiger partial charge in [0.1, 0.15) is 0 Å². The molecule has 0 aromatic heterocycles. The van der Waals surface area contributed by atoms with Crippen LogP contribution in [0.5, 0.6) is 0 Å². The zero-order chi connectivity index (χ0) is 8.97. The summed E-state index contributed by atoms with van der Waals surface area (Å²) in [5.41, 5.74) is 0. The molecule has 1 rings (SSSR count). The first-order chi connectivity index (χ1) is 5.77. The molecule has 0 saturated carbocycles. The molecule has 0 atom stereocenters. The molecule has 0 unspecified atom stereocenters. The van der Waals surface area contributed by atoms with Gasteiger partial charge in [0.2, 0.25) is 5.91 Å². The highest BCUT2D eigenvalue weighted by molar-refractivity contribution is 5.87. The van der Waals surface area contributed by atoms with Crippen LogP contribution >= 0.6 is 0 Å². The van der Waals surface area contributed by atoms with Gasteiger partial charge >= 0.3 is 0 Å². The van der Waals surface area contributed by atoms with Crippen LogP contribution in [-0.2, 0) is 9.53 Å². The Morgan fingerprint density at radius 1 is 1.58 bits per heavy atom. The number of amides is 1. The number of carbonyl (C=O) groups excluding carboxylic acids is 1. The second-order valence-electron chi connectivity index (χ2n) is 2.96. The molecule has 0 aromatic rings. The average Bonchev–Trinajstić information content (AvgIpc) is 2.17. The van der Waals surface area contributed by atoms with Gasteiger partial charge in [-0.2, -0.15) is 0 Å². The molecular weight excluding hydrogens is 154 g/mol. The van der Waals surface area contributed by atoms with E-state index >= 15 is 0 Å². The van der Waals surface area contributed by atoms with E-state index in [1.807, 2.05) is 4.90 Å². The second kappa shape index (κ2) is 4.26. The number of likely N-dealkylation sites (tertiary alicyclic amines) is 1. The lowest BCUT2D eigenvalue weighted by Gasteiger charge is -2.30. The molecule has 0 aromatic carbocycles. The molecular formula is C9H15NO2. The summed E-state index contributed by atoms with van der Waals surface area (Å²) in [5, 5.41) is 0. The average molecular weight is 169 g/mol. The van der Waals surface area contributed by atoms with Gasteiger partial charge in [-0.3, -0.25) is 4.79 Å². The van der Waals surface area contributed by atoms with Crippen molar-refractivity contribution < 1.29 is 9.53 Å². The first kappa shape index (κ1) is 9.26. The highest BCUT2D eigenvalue weighted by atomic mass is 16.5. The second-order valence-corrected chi connectivity index (χ2v) is 2.96. The van der Waals surface area contributed by atoms with Crippen LogP contribution in [0.1, 0.15) is 12.8 Å². The number of rotatable bonds is 2. The smallest absolute Gasteiger partial charge is 0.245 e. The third kappa shape index (κ3) is 2.08. The quantitative estimate of drug-likeness (QED) is 0.572. The molecule has 3 heteroatoms. The molecule has 1 saturated heterocycles. The number of hydrogen-bond donors (Lipinski definition) is 0. The Bertz CT molecular complexity index is 171. The fourth-order valence-electron chi connectivity index (χ4n) is 1.44. The van der Waals surface area contributed by atoms with Gasteiger partial charge in [-0.25, -0.2) is 0 Å². The third-order valence-electron chi connectivity index (χ3n) is 2.26. The molecule has 1 fully saturated rings. The normalized spacial score (nSPS) is 19.2. The van der Waals surface area contributed by atoms with Crippen molar-refractivity contribution in [2.75, 3.05) is 20.2 Å². The molecule has 12 heavy (non-hydrogen) atoms. The number of ether oxygens (including phenoxy) is 1. The summed E-state index contributed by atoms with van der Waals surface area (Å²) < 4.78 is 5.19. The molecule has 68 valence electrons. The van der Waals surface area contributed by atoms with Crippen molar-refractivity contribution in [3.05, 3.63) is 12.7 Å². The summed E-state index contributed by atoms with van der Waals surface area (Å²) in [6.45, 7) is 5.04. The Morgan fingerprint density at radius 2 is 2.17 bits per heavy atom. The van der Waals surface area contributed by atoms with Gasteiger partial charge < -0.3 is 9.64 Å². The lowest BCUT2D eigenvalue weighted by Crippen LogP contribution is -2.39. The number of nitrogens with zero attached hydrogens (tertiary/aromatic N) is 1. The summed E-state index contributed by atoms with van der Waals surface area (Å²) in [6.07, 6.45) is 3.58. The van der Waals surface area contributed by atoms with E-state index in [-0.39, 0.29) is 5.91 Å². The van der Waals surface area contributed by atoms with Crippen molar-refractivity contribution in [2.24, 2.45) is 0 Å². The highest BCUT2D eigenvalue weighted by Gasteiger charge is 2.20. The minimum absolute atomic E-state index is 0.0320. The minimum Gasteiger partial charge on any atom is -0.381 e. The molecule has 0 spiro atoms. The molecule has 3 nitrogen and oxygen atoms in total. The predicted molar refractivity (Wildman–Crippen MR) is 46.8 cm³/mol. The van der Waals surface area contributed by atoms with E-state index in [1.54, 1.807) is 7.11 Å². The SMILES string of the molecule is C=CC(=O)N1CCC(OC)CC1. The van der Waals surface area contributed by atoms with Crippen LogP contribution in [0.2, 0.25) is 0 Å². The Labute approximate surface area is 73.0 Å². The van der Waals surface area contributed by atoms with Gasteiger partial charge in [0.15, 0.2) is 0 Å². The van der Waals surface area contributed by atoms with Crippen molar-refractivity contribution >= 4 is 5.91 Å². The summed E-state index contributed by atoms with van der Waals surface area (Å²) >= 11 is 0. The van der Waals surface area contributed by atoms with Crippen LogP contribution in [0.4, 0.5) is 0 Å². The molecule has 0 aliphatic carbocycles. The fourth-order valence-corrected chi connectivity index (χ4v) is 1.44. The van der Waals surface area contributed by atoms with Crippen molar-refractivity contribution in [1.82, 2.24) is 4.90 Å². The number of carbonyl (C=O) groups is 1. The van der Waals surface area contributed by atoms with Gasteiger partial charge in [-0.1, -0.05) is 6.58 Å². The van der Waals surface area contributed by atoms with E-state index in [1.165, 1.54) is 6.08 Å². The zero-order valence-electron chi connectivity index (χ0n) is 7.45. The predicted octanol–water partition coefficient (Wildman–Crippen LogP) is 0.810. The number of hydrogen-bond acceptors (Lipinski definition) is 2. The summed E-state index contributed by atoms with van der Waals surface area (Å²) in [5.74, 6) is 0.0320. The van der Waals surface area contributed by atoms with Gasteiger partial charge in [0, 0.05) is 20.2 Å². The van der Waals surface area contributed by atoms with E-state index in [9.17, 15) is 4.79 Å². The lowest BCUT2D eigenvalue weighted by atomic mass is 10.1. The van der Waals surface area contributed by atoms with E-state index in [2.05, 4.69) is 6.58 Å². The zero-order valence-corrected chi connectivity index (χ0v) is 7.45. The molecule has 0 radical (unpaired) electrons. The molecule has 0 N–H and O–H groups in total. The van der Waals surface area contributed by atoms with Gasteiger partial charge in [0.05, 0.1) is 6.10 Å². The highest BCUT2D eigenvalue weighted by Crippen LogP contribution is 2.12. The van der Waals surface area contributed by atoms with Crippen LogP contribution in [0.15, 0.2) is 12.7 Å². The monoisotopic (exact) mass is 169 g/mol. The van der Waals surface area contributed by atoms with Gasteiger partial charge in [0.25, 0.3) is 0 Å². The number of piperidine rings is 1. The van der Waals surface area contributed by atoms with Crippen LogP contribution in [0, 0.1) is 0 Å². The minimum atomic E-state index is 0.0320. The van der Waals surface area contributed by atoms with Crippen LogP contribution < -0.4 is 0 Å². The molecule has 0 bridgehead atoms. The molecule has 1 aliphatic heterocycles. The Kier molecular flexibility index (Phi) is 3.29. The van der Waals surface area contributed by atoms with Crippen molar-refractivity contribution in [1.29, 1.82) is 0 Å². The summed E-state index contributed by atoms with van der Waals surface area (Å²) in [4.78, 5) is 12.9. The third-order valence-corrected chi connectivity index (χ3v) is 2.26. The molecule has 1 heterocycles. The summed E-state index contributed by atoms with van der Waals surface area (Å²) in [7, 11) is 1.72. The van der Waals surface area contributed by atoms with Crippen molar-refractivity contribution in [2.45, 2.75) is 18.9 Å². The largest absolute Gasteiger partial charge is 0.381 e. The van der Waals surface area contributed by atoms with E-state index < -0.39 is 0 Å². The lowest BCUT2D eigenvalue weighted by molar-refractivity contribution is -0.128. The van der Waals surface area contributed by atoms with Crippen molar-refractivity contribution in [3.8, 4) is 0 Å². The topological polar surface area (TPSA) is 29.5 Å². The Morgan fingerprint density at radius 3 is 2.58 bits per heavy atom. The maximum absolute atomic E-state index is 11.1. The molecule has 1 amide bonds. The van der Waals surface area contributed by atoms with Crippen LogP contribution in [0.3, 0.4) is 0 Å². The maximum atomic E-state index is 11.1. The molecule has 1 aliphatic rings. The van der Waals surface area contributed by atoms with Crippen LogP contribution in [0.25, 0.3) is 0 Å². The fraction of sp³-hybridized carbons (Fsp3) is 0.667. The van der Waals surface area contributed by atoms with E-state index in [0.29, 0.717) is 6.10 Å².